The van der Waals surface area contributed by atoms with Crippen molar-refractivity contribution in [2.75, 3.05) is 20.6 Å². The topological polar surface area (TPSA) is 25.4 Å². The first-order valence-electron chi connectivity index (χ1n) is 11.3. The van der Waals surface area contributed by atoms with E-state index in [1.165, 1.54) is 30.5 Å². The van der Waals surface area contributed by atoms with Crippen molar-refractivity contribution < 1.29 is 17.9 Å². The Morgan fingerprint density at radius 3 is 2.50 bits per heavy atom. The predicted molar refractivity (Wildman–Crippen MR) is 127 cm³/mol. The fourth-order valence-electron chi connectivity index (χ4n) is 4.77. The Balaban J connectivity index is 1.52. The van der Waals surface area contributed by atoms with E-state index in [2.05, 4.69) is 9.88 Å². The lowest BCUT2D eigenvalue weighted by atomic mass is 9.85. The number of aromatic nitrogens is 1. The second kappa shape index (κ2) is 9.20. The fraction of sp³-hybridized carbons (Fsp3) is 0.250. The summed E-state index contributed by atoms with van der Waals surface area (Å²) in [5.41, 5.74) is 4.81. The van der Waals surface area contributed by atoms with Crippen LogP contribution in [0.2, 0.25) is 0 Å². The van der Waals surface area contributed by atoms with E-state index in [9.17, 15) is 13.2 Å². The third-order valence-electron chi connectivity index (χ3n) is 6.53. The molecule has 2 unspecified atom stereocenters. The number of hydrogen-bond acceptors (Lipinski definition) is 3. The highest BCUT2D eigenvalue weighted by atomic mass is 19.2. The van der Waals surface area contributed by atoms with Gasteiger partial charge in [0.15, 0.2) is 11.6 Å². The molecule has 3 nitrogen and oxygen atoms in total. The van der Waals surface area contributed by atoms with Crippen molar-refractivity contribution in [2.24, 2.45) is 0 Å². The van der Waals surface area contributed by atoms with Crippen LogP contribution >= 0.6 is 0 Å². The summed E-state index contributed by atoms with van der Waals surface area (Å²) in [4.78, 5) is 6.36. The number of hydrogen-bond donors (Lipinski definition) is 0. The predicted octanol–water partition coefficient (Wildman–Crippen LogP) is 6.63. The van der Waals surface area contributed by atoms with Crippen LogP contribution in [-0.4, -0.2) is 30.5 Å². The van der Waals surface area contributed by atoms with Gasteiger partial charge in [0.1, 0.15) is 5.82 Å². The number of nitrogens with zero attached hydrogens (tertiary/aromatic N) is 2. The van der Waals surface area contributed by atoms with Crippen LogP contribution in [-0.2, 0) is 11.3 Å². The van der Waals surface area contributed by atoms with Gasteiger partial charge in [0.2, 0.25) is 0 Å². The minimum absolute atomic E-state index is 0.0754. The summed E-state index contributed by atoms with van der Waals surface area (Å²) in [6, 6.07) is 15.1. The van der Waals surface area contributed by atoms with Crippen molar-refractivity contribution >= 4 is 10.8 Å². The van der Waals surface area contributed by atoms with Crippen molar-refractivity contribution in [1.82, 2.24) is 9.88 Å². The molecule has 1 aliphatic rings. The molecule has 0 fully saturated rings. The molecule has 0 radical (unpaired) electrons. The van der Waals surface area contributed by atoms with Crippen molar-refractivity contribution in [2.45, 2.75) is 25.0 Å². The molecule has 1 aromatic heterocycles. The maximum atomic E-state index is 14.0. The zero-order chi connectivity index (χ0) is 23.8. The van der Waals surface area contributed by atoms with Gasteiger partial charge in [-0.2, -0.15) is 0 Å². The molecule has 2 atom stereocenters. The van der Waals surface area contributed by atoms with Crippen molar-refractivity contribution in [3.8, 4) is 11.1 Å². The monoisotopic (exact) mass is 462 g/mol. The van der Waals surface area contributed by atoms with E-state index < -0.39 is 11.6 Å². The first-order valence-corrected chi connectivity index (χ1v) is 11.3. The quantitative estimate of drug-likeness (QED) is 0.322. The van der Waals surface area contributed by atoms with E-state index >= 15 is 0 Å². The Kier molecular flexibility index (Phi) is 6.11. The van der Waals surface area contributed by atoms with Gasteiger partial charge >= 0.3 is 0 Å². The second-order valence-corrected chi connectivity index (χ2v) is 9.07. The van der Waals surface area contributed by atoms with Crippen LogP contribution in [0, 0.1) is 17.5 Å². The summed E-state index contributed by atoms with van der Waals surface area (Å²) in [5.74, 6) is -1.95. The molecule has 0 spiro atoms. The number of rotatable bonds is 6. The average molecular weight is 463 g/mol. The minimum Gasteiger partial charge on any atom is -0.368 e. The molecular weight excluding hydrogens is 437 g/mol. The van der Waals surface area contributed by atoms with Gasteiger partial charge in [-0.3, -0.25) is 4.98 Å². The Morgan fingerprint density at radius 1 is 0.971 bits per heavy atom. The van der Waals surface area contributed by atoms with E-state index in [0.717, 1.165) is 40.8 Å². The molecular formula is C28H25F3N2O. The van der Waals surface area contributed by atoms with E-state index in [1.807, 2.05) is 44.4 Å². The fourth-order valence-corrected chi connectivity index (χ4v) is 4.77. The minimum atomic E-state index is -0.888. The zero-order valence-electron chi connectivity index (χ0n) is 19.1. The van der Waals surface area contributed by atoms with E-state index in [1.54, 1.807) is 6.20 Å². The molecule has 0 saturated carbocycles. The summed E-state index contributed by atoms with van der Waals surface area (Å²) in [6.07, 6.45) is 3.92. The Morgan fingerprint density at radius 2 is 1.74 bits per heavy atom. The maximum absolute atomic E-state index is 14.0. The summed E-state index contributed by atoms with van der Waals surface area (Å²) in [5, 5.41) is 1.16. The normalized spacial score (nSPS) is 16.2. The number of pyridine rings is 1. The molecule has 4 aromatic rings. The molecule has 5 rings (SSSR count). The molecule has 0 N–H and O–H groups in total. The summed E-state index contributed by atoms with van der Waals surface area (Å²) < 4.78 is 47.5. The van der Waals surface area contributed by atoms with Crippen LogP contribution in [0.4, 0.5) is 13.2 Å². The van der Waals surface area contributed by atoms with Crippen LogP contribution in [0.5, 0.6) is 0 Å². The van der Waals surface area contributed by atoms with Gasteiger partial charge in [0.25, 0.3) is 0 Å². The van der Waals surface area contributed by atoms with Crippen molar-refractivity contribution in [1.29, 1.82) is 0 Å². The van der Waals surface area contributed by atoms with Crippen molar-refractivity contribution in [3.05, 3.63) is 101 Å². The van der Waals surface area contributed by atoms with Gasteiger partial charge < -0.3 is 9.64 Å². The van der Waals surface area contributed by atoms with Gasteiger partial charge in [-0.05, 0) is 85.0 Å². The molecule has 174 valence electrons. The van der Waals surface area contributed by atoms with E-state index in [0.29, 0.717) is 17.4 Å². The third kappa shape index (κ3) is 4.31. The highest BCUT2D eigenvalue weighted by molar-refractivity contribution is 5.96. The molecule has 34 heavy (non-hydrogen) atoms. The number of ether oxygens (including phenoxy) is 1. The largest absolute Gasteiger partial charge is 0.368 e. The third-order valence-corrected chi connectivity index (χ3v) is 6.53. The van der Waals surface area contributed by atoms with Gasteiger partial charge in [-0.25, -0.2) is 13.2 Å². The first-order chi connectivity index (χ1) is 16.4. The Labute approximate surface area is 196 Å². The molecule has 0 saturated heterocycles. The second-order valence-electron chi connectivity index (χ2n) is 9.07. The Bertz CT molecular complexity index is 1340. The van der Waals surface area contributed by atoms with Gasteiger partial charge in [0, 0.05) is 29.3 Å². The Hall–Kier alpha value is -3.22. The van der Waals surface area contributed by atoms with E-state index in [-0.39, 0.29) is 17.8 Å². The highest BCUT2D eigenvalue weighted by Gasteiger charge is 2.32. The van der Waals surface area contributed by atoms with Crippen molar-refractivity contribution in [3.63, 3.8) is 0 Å². The lowest BCUT2D eigenvalue weighted by Gasteiger charge is -2.26. The van der Waals surface area contributed by atoms with Crippen LogP contribution < -0.4 is 0 Å². The standard InChI is InChI=1S/C28H25F3N2O/c1-33(2)10-9-23(17-3-6-21(29)7-4-17)28-22-8-5-18(11-20(22)16-34-28)25-15-32-14-19-12-26(30)27(31)13-24(19)25/h3-8,11-15,23,28H,9-10,16H2,1-2H3. The van der Waals surface area contributed by atoms with Gasteiger partial charge in [-0.1, -0.05) is 24.3 Å². The van der Waals surface area contributed by atoms with Crippen LogP contribution in [0.25, 0.3) is 21.9 Å². The molecule has 6 heteroatoms. The number of fused-ring (bicyclic) bond motifs is 2. The smallest absolute Gasteiger partial charge is 0.159 e. The maximum Gasteiger partial charge on any atom is 0.159 e. The molecule has 3 aromatic carbocycles. The van der Waals surface area contributed by atoms with Gasteiger partial charge in [-0.15, -0.1) is 0 Å². The molecule has 0 bridgehead atoms. The van der Waals surface area contributed by atoms with Crippen LogP contribution in [0.1, 0.15) is 35.1 Å². The van der Waals surface area contributed by atoms with Crippen LogP contribution in [0.3, 0.4) is 0 Å². The number of halogens is 3. The number of benzene rings is 3. The summed E-state index contributed by atoms with van der Waals surface area (Å²) in [6.45, 7) is 1.33. The summed E-state index contributed by atoms with van der Waals surface area (Å²) >= 11 is 0. The highest BCUT2D eigenvalue weighted by Crippen LogP contribution is 2.44. The summed E-state index contributed by atoms with van der Waals surface area (Å²) in [7, 11) is 4.06. The van der Waals surface area contributed by atoms with E-state index in [4.69, 9.17) is 4.74 Å². The van der Waals surface area contributed by atoms with Gasteiger partial charge in [0.05, 0.1) is 12.7 Å². The lowest BCUT2D eigenvalue weighted by Crippen LogP contribution is -2.19. The lowest BCUT2D eigenvalue weighted by molar-refractivity contribution is 0.0420. The SMILES string of the molecule is CN(C)CCC(c1ccc(F)cc1)C1OCc2cc(-c3cncc4cc(F)c(F)cc34)ccc21. The van der Waals surface area contributed by atoms with Crippen LogP contribution in [0.15, 0.2) is 67.0 Å². The average Bonchev–Trinajstić information content (AvgIpc) is 3.23. The zero-order valence-corrected chi connectivity index (χ0v) is 19.1. The molecule has 0 amide bonds. The molecule has 2 heterocycles. The molecule has 1 aliphatic heterocycles. The first kappa shape index (κ1) is 22.6. The molecule has 0 aliphatic carbocycles.